The van der Waals surface area contributed by atoms with Gasteiger partial charge >= 0.3 is 0 Å². The first-order valence-electron chi connectivity index (χ1n) is 6.48. The molecule has 1 atom stereocenters. The van der Waals surface area contributed by atoms with Gasteiger partial charge in [0.25, 0.3) is 6.43 Å². The molecule has 1 aromatic rings. The second-order valence-corrected chi connectivity index (χ2v) is 4.82. The molecule has 0 aliphatic heterocycles. The largest absolute Gasteiger partial charge is 0.312 e. The molecule has 0 saturated heterocycles. The summed E-state index contributed by atoms with van der Waals surface area (Å²) in [6.45, 7) is 1.75. The van der Waals surface area contributed by atoms with E-state index in [9.17, 15) is 8.78 Å². The molecule has 0 spiro atoms. The molecular formula is C15H19F2N. The quantitative estimate of drug-likeness (QED) is 0.778. The minimum absolute atomic E-state index is 0.0937. The summed E-state index contributed by atoms with van der Waals surface area (Å²) in [7, 11) is 0. The predicted octanol–water partition coefficient (Wildman–Crippen LogP) is 4.07. The summed E-state index contributed by atoms with van der Waals surface area (Å²) >= 11 is 0. The van der Waals surface area contributed by atoms with Crippen LogP contribution < -0.4 is 5.32 Å². The van der Waals surface area contributed by atoms with Crippen LogP contribution >= 0.6 is 0 Å². The van der Waals surface area contributed by atoms with Crippen LogP contribution in [0.25, 0.3) is 0 Å². The van der Waals surface area contributed by atoms with Crippen molar-refractivity contribution in [1.29, 1.82) is 0 Å². The van der Waals surface area contributed by atoms with Gasteiger partial charge in [0, 0.05) is 12.1 Å². The van der Waals surface area contributed by atoms with E-state index in [2.05, 4.69) is 17.5 Å². The van der Waals surface area contributed by atoms with Gasteiger partial charge in [0.05, 0.1) is 0 Å². The summed E-state index contributed by atoms with van der Waals surface area (Å²) in [4.78, 5) is 0. The van der Waals surface area contributed by atoms with E-state index in [1.54, 1.807) is 12.1 Å². The lowest BCUT2D eigenvalue weighted by molar-refractivity contribution is 0.151. The molecule has 0 radical (unpaired) electrons. The fourth-order valence-corrected chi connectivity index (χ4v) is 2.24. The number of nitrogens with one attached hydrogen (secondary N) is 1. The van der Waals surface area contributed by atoms with Crippen LogP contribution in [0, 0.1) is 5.92 Å². The highest BCUT2D eigenvalue weighted by molar-refractivity contribution is 5.23. The van der Waals surface area contributed by atoms with Gasteiger partial charge in [-0.2, -0.15) is 0 Å². The van der Waals surface area contributed by atoms with Crippen molar-refractivity contribution in [3.8, 4) is 0 Å². The van der Waals surface area contributed by atoms with Crippen LogP contribution in [-0.2, 0) is 6.54 Å². The van der Waals surface area contributed by atoms with E-state index < -0.39 is 6.43 Å². The van der Waals surface area contributed by atoms with Gasteiger partial charge < -0.3 is 5.32 Å². The Morgan fingerprint density at radius 2 is 1.94 bits per heavy atom. The zero-order chi connectivity index (χ0) is 12.8. The maximum Gasteiger partial charge on any atom is 0.263 e. The molecule has 3 heteroatoms. The summed E-state index contributed by atoms with van der Waals surface area (Å²) in [6, 6.07) is 6.56. The summed E-state index contributed by atoms with van der Waals surface area (Å²) in [5, 5.41) is 3.40. The first kappa shape index (κ1) is 13.2. The normalized spacial score (nSPS) is 19.4. The van der Waals surface area contributed by atoms with Crippen molar-refractivity contribution in [3.63, 3.8) is 0 Å². The molecule has 0 aromatic heterocycles. The number of benzene rings is 1. The van der Waals surface area contributed by atoms with Crippen molar-refractivity contribution < 1.29 is 8.78 Å². The molecule has 0 amide bonds. The topological polar surface area (TPSA) is 12.0 Å². The molecule has 1 aliphatic rings. The average molecular weight is 251 g/mol. The Labute approximate surface area is 107 Å². The third-order valence-corrected chi connectivity index (χ3v) is 3.37. The lowest BCUT2D eigenvalue weighted by atomic mass is 9.94. The number of rotatable bonds is 5. The molecule has 0 fully saturated rings. The molecule has 0 saturated carbocycles. The van der Waals surface area contributed by atoms with E-state index in [1.807, 2.05) is 0 Å². The highest BCUT2D eigenvalue weighted by Crippen LogP contribution is 2.19. The van der Waals surface area contributed by atoms with Crippen molar-refractivity contribution in [1.82, 2.24) is 5.32 Å². The summed E-state index contributed by atoms with van der Waals surface area (Å²) in [6.07, 6.45) is 5.67. The number of hydrogen-bond donors (Lipinski definition) is 1. The van der Waals surface area contributed by atoms with Gasteiger partial charge in [-0.15, -0.1) is 0 Å². The van der Waals surface area contributed by atoms with E-state index in [0.717, 1.165) is 31.0 Å². The minimum Gasteiger partial charge on any atom is -0.312 e. The van der Waals surface area contributed by atoms with E-state index in [1.165, 1.54) is 25.0 Å². The monoisotopic (exact) mass is 251 g/mol. The molecule has 0 heterocycles. The maximum absolute atomic E-state index is 12.4. The Balaban J connectivity index is 1.74. The van der Waals surface area contributed by atoms with Crippen molar-refractivity contribution in [2.45, 2.75) is 32.2 Å². The summed E-state index contributed by atoms with van der Waals surface area (Å²) in [5.74, 6) is 0.718. The Morgan fingerprint density at radius 1 is 1.17 bits per heavy atom. The number of allylic oxidation sites excluding steroid dienone is 2. The molecule has 18 heavy (non-hydrogen) atoms. The van der Waals surface area contributed by atoms with Crippen molar-refractivity contribution in [2.24, 2.45) is 5.92 Å². The van der Waals surface area contributed by atoms with Gasteiger partial charge in [0.1, 0.15) is 0 Å². The van der Waals surface area contributed by atoms with Crippen LogP contribution in [0.5, 0.6) is 0 Å². The molecule has 2 rings (SSSR count). The molecule has 1 nitrogen and oxygen atoms in total. The van der Waals surface area contributed by atoms with Crippen molar-refractivity contribution in [2.75, 3.05) is 6.54 Å². The summed E-state index contributed by atoms with van der Waals surface area (Å²) in [5.41, 5.74) is 1.15. The standard InChI is InChI=1S/C15H19F2N/c16-15(17)14-8-6-13(7-9-14)11-18-10-12-4-2-1-3-5-12/h1-2,6-9,12,15,18H,3-5,10-11H2. The van der Waals surface area contributed by atoms with Gasteiger partial charge in [-0.25, -0.2) is 8.78 Å². The van der Waals surface area contributed by atoms with Crippen LogP contribution in [0.3, 0.4) is 0 Å². The third kappa shape index (κ3) is 3.91. The first-order valence-corrected chi connectivity index (χ1v) is 6.48. The zero-order valence-corrected chi connectivity index (χ0v) is 10.4. The second-order valence-electron chi connectivity index (χ2n) is 4.82. The average Bonchev–Trinajstić information content (AvgIpc) is 2.40. The van der Waals surface area contributed by atoms with E-state index >= 15 is 0 Å². The smallest absolute Gasteiger partial charge is 0.263 e. The van der Waals surface area contributed by atoms with Gasteiger partial charge in [-0.1, -0.05) is 36.4 Å². The molecule has 1 N–H and O–H groups in total. The second kappa shape index (κ2) is 6.64. The van der Waals surface area contributed by atoms with E-state index in [-0.39, 0.29) is 5.56 Å². The Bertz CT molecular complexity index is 384. The van der Waals surface area contributed by atoms with Crippen molar-refractivity contribution in [3.05, 3.63) is 47.5 Å². The minimum atomic E-state index is -2.37. The van der Waals surface area contributed by atoms with E-state index in [4.69, 9.17) is 0 Å². The van der Waals surface area contributed by atoms with Gasteiger partial charge in [-0.05, 0) is 37.3 Å². The SMILES string of the molecule is FC(F)c1ccc(CNCC2CC=CCC2)cc1. The molecular weight excluding hydrogens is 232 g/mol. The molecule has 98 valence electrons. The lowest BCUT2D eigenvalue weighted by Gasteiger charge is -2.18. The zero-order valence-electron chi connectivity index (χ0n) is 10.4. The van der Waals surface area contributed by atoms with E-state index in [0.29, 0.717) is 0 Å². The number of halogens is 2. The molecule has 0 bridgehead atoms. The van der Waals surface area contributed by atoms with Crippen LogP contribution in [0.4, 0.5) is 8.78 Å². The van der Waals surface area contributed by atoms with Crippen molar-refractivity contribution >= 4 is 0 Å². The Hall–Kier alpha value is -1.22. The van der Waals surface area contributed by atoms with Gasteiger partial charge in [0.2, 0.25) is 0 Å². The highest BCUT2D eigenvalue weighted by atomic mass is 19.3. The maximum atomic E-state index is 12.4. The van der Waals surface area contributed by atoms with Crippen LogP contribution in [0.2, 0.25) is 0 Å². The molecule has 1 aliphatic carbocycles. The Kier molecular flexibility index (Phi) is 4.88. The van der Waals surface area contributed by atoms with Crippen LogP contribution in [0.15, 0.2) is 36.4 Å². The lowest BCUT2D eigenvalue weighted by Crippen LogP contribution is -2.23. The number of alkyl halides is 2. The van der Waals surface area contributed by atoms with Crippen LogP contribution in [-0.4, -0.2) is 6.54 Å². The predicted molar refractivity (Wildman–Crippen MR) is 69.6 cm³/mol. The highest BCUT2D eigenvalue weighted by Gasteiger charge is 2.09. The summed E-state index contributed by atoms with van der Waals surface area (Å²) < 4.78 is 24.7. The van der Waals surface area contributed by atoms with Crippen LogP contribution in [0.1, 0.15) is 36.8 Å². The fraction of sp³-hybridized carbons (Fsp3) is 0.467. The Morgan fingerprint density at radius 3 is 2.56 bits per heavy atom. The number of hydrogen-bond acceptors (Lipinski definition) is 1. The fourth-order valence-electron chi connectivity index (χ4n) is 2.24. The third-order valence-electron chi connectivity index (χ3n) is 3.37. The molecule has 1 aromatic carbocycles. The first-order chi connectivity index (χ1) is 8.75. The van der Waals surface area contributed by atoms with Gasteiger partial charge in [-0.3, -0.25) is 0 Å². The molecule has 1 unspecified atom stereocenters. The van der Waals surface area contributed by atoms with Gasteiger partial charge in [0.15, 0.2) is 0 Å².